The molecule has 2 saturated heterocycles. The third-order valence-corrected chi connectivity index (χ3v) is 5.04. The third kappa shape index (κ3) is 5.44. The maximum atomic E-state index is 12.9. The number of carbonyl (C=O) groups excluding carboxylic acids is 4. The summed E-state index contributed by atoms with van der Waals surface area (Å²) in [4.78, 5) is 51.1. The van der Waals surface area contributed by atoms with Crippen LogP contribution >= 0.6 is 11.6 Å². The molecule has 1 unspecified atom stereocenters. The molecular formula is C18H18ClF3N4O5. The molecule has 2 N–H and O–H groups in total. The van der Waals surface area contributed by atoms with Crippen molar-refractivity contribution in [3.63, 3.8) is 0 Å². The number of morpholine rings is 1. The van der Waals surface area contributed by atoms with Gasteiger partial charge in [-0.2, -0.15) is 13.2 Å². The lowest BCUT2D eigenvalue weighted by atomic mass is 10.1. The summed E-state index contributed by atoms with van der Waals surface area (Å²) in [5.74, 6) is -2.00. The molecule has 9 nitrogen and oxygen atoms in total. The smallest absolute Gasteiger partial charge is 0.378 e. The van der Waals surface area contributed by atoms with E-state index < -0.39 is 47.2 Å². The fraction of sp³-hybridized carbons (Fsp3) is 0.444. The van der Waals surface area contributed by atoms with E-state index in [4.69, 9.17) is 16.3 Å². The number of anilines is 1. The number of benzene rings is 1. The van der Waals surface area contributed by atoms with Crippen molar-refractivity contribution in [3.8, 4) is 0 Å². The summed E-state index contributed by atoms with van der Waals surface area (Å²) in [7, 11) is 0. The normalized spacial score (nSPS) is 19.4. The summed E-state index contributed by atoms with van der Waals surface area (Å²) in [5.41, 5.74) is -1.34. The molecule has 2 aliphatic heterocycles. The molecule has 2 aliphatic rings. The number of halogens is 4. The van der Waals surface area contributed by atoms with Crippen LogP contribution in [0.2, 0.25) is 5.02 Å². The number of imide groups is 1. The SMILES string of the molecule is O=C(CN1C(=O)NC(CC(=O)N2CCOCC2)C1=O)Nc1ccc(Cl)c(C(F)(F)F)c1. The van der Waals surface area contributed by atoms with Gasteiger partial charge < -0.3 is 20.3 Å². The zero-order valence-corrected chi connectivity index (χ0v) is 16.8. The van der Waals surface area contributed by atoms with E-state index in [2.05, 4.69) is 10.6 Å². The van der Waals surface area contributed by atoms with Gasteiger partial charge in [0, 0.05) is 18.8 Å². The zero-order chi connectivity index (χ0) is 22.8. The lowest BCUT2D eigenvalue weighted by Crippen LogP contribution is -2.44. The molecule has 1 aromatic rings. The van der Waals surface area contributed by atoms with Crippen molar-refractivity contribution >= 4 is 41.0 Å². The van der Waals surface area contributed by atoms with E-state index in [1.165, 1.54) is 4.90 Å². The largest absolute Gasteiger partial charge is 0.417 e. The summed E-state index contributed by atoms with van der Waals surface area (Å²) in [6.45, 7) is 0.784. The van der Waals surface area contributed by atoms with Crippen LogP contribution in [-0.2, 0) is 25.3 Å². The Hall–Kier alpha value is -2.86. The molecule has 0 radical (unpaired) electrons. The summed E-state index contributed by atoms with van der Waals surface area (Å²) in [5, 5.41) is 4.00. The van der Waals surface area contributed by atoms with Gasteiger partial charge in [0.15, 0.2) is 0 Å². The van der Waals surface area contributed by atoms with Crippen LogP contribution in [-0.4, -0.2) is 72.4 Å². The molecule has 2 fully saturated rings. The first kappa shape index (κ1) is 22.8. The highest BCUT2D eigenvalue weighted by atomic mass is 35.5. The van der Waals surface area contributed by atoms with Crippen LogP contribution in [0.5, 0.6) is 0 Å². The Balaban J connectivity index is 1.59. The Morgan fingerprint density at radius 2 is 1.90 bits per heavy atom. The maximum absolute atomic E-state index is 12.9. The minimum Gasteiger partial charge on any atom is -0.378 e. The van der Waals surface area contributed by atoms with Gasteiger partial charge in [0.25, 0.3) is 5.91 Å². The molecule has 2 heterocycles. The number of rotatable bonds is 5. The highest BCUT2D eigenvalue weighted by molar-refractivity contribution is 6.31. The van der Waals surface area contributed by atoms with E-state index in [0.717, 1.165) is 12.1 Å². The Labute approximate surface area is 179 Å². The average molecular weight is 463 g/mol. The molecule has 13 heteroatoms. The molecule has 0 saturated carbocycles. The van der Waals surface area contributed by atoms with E-state index in [-0.39, 0.29) is 18.0 Å². The van der Waals surface area contributed by atoms with Crippen molar-refractivity contribution in [2.45, 2.75) is 18.6 Å². The molecule has 1 atom stereocenters. The second-order valence-electron chi connectivity index (χ2n) is 6.86. The number of nitrogens with one attached hydrogen (secondary N) is 2. The summed E-state index contributed by atoms with van der Waals surface area (Å²) < 4.78 is 44.0. The number of hydrogen-bond acceptors (Lipinski definition) is 5. The molecule has 1 aromatic carbocycles. The number of ether oxygens (including phenoxy) is 1. The van der Waals surface area contributed by atoms with E-state index in [1.54, 1.807) is 0 Å². The number of alkyl halides is 3. The Morgan fingerprint density at radius 3 is 2.55 bits per heavy atom. The molecule has 0 spiro atoms. The van der Waals surface area contributed by atoms with Gasteiger partial charge in [-0.25, -0.2) is 4.79 Å². The summed E-state index contributed by atoms with van der Waals surface area (Å²) in [6.07, 6.45) is -4.99. The standard InChI is InChI=1S/C18H18ClF3N4O5/c19-12-2-1-10(7-11(12)18(20,21)22)23-14(27)9-26-16(29)13(24-17(26)30)8-15(28)25-3-5-31-6-4-25/h1-2,7,13H,3-6,8-9H2,(H,23,27)(H,24,30). The van der Waals surface area contributed by atoms with E-state index in [1.807, 2.05) is 0 Å². The lowest BCUT2D eigenvalue weighted by Gasteiger charge is -2.27. The van der Waals surface area contributed by atoms with Crippen molar-refractivity contribution < 1.29 is 37.1 Å². The van der Waals surface area contributed by atoms with E-state index >= 15 is 0 Å². The maximum Gasteiger partial charge on any atom is 0.417 e. The van der Waals surface area contributed by atoms with Crippen molar-refractivity contribution in [2.24, 2.45) is 0 Å². The van der Waals surface area contributed by atoms with Gasteiger partial charge in [0.1, 0.15) is 12.6 Å². The molecule has 31 heavy (non-hydrogen) atoms. The monoisotopic (exact) mass is 462 g/mol. The van der Waals surface area contributed by atoms with Crippen molar-refractivity contribution in [1.29, 1.82) is 0 Å². The first-order valence-electron chi connectivity index (χ1n) is 9.20. The number of amides is 5. The van der Waals surface area contributed by atoms with E-state index in [0.29, 0.717) is 37.3 Å². The van der Waals surface area contributed by atoms with Gasteiger partial charge in [-0.3, -0.25) is 19.3 Å². The lowest BCUT2D eigenvalue weighted by molar-refractivity contribution is -0.139. The van der Waals surface area contributed by atoms with Crippen molar-refractivity contribution in [3.05, 3.63) is 28.8 Å². The number of hydrogen-bond donors (Lipinski definition) is 2. The van der Waals surface area contributed by atoms with Crippen LogP contribution in [0.25, 0.3) is 0 Å². The van der Waals surface area contributed by atoms with Crippen LogP contribution in [0.15, 0.2) is 18.2 Å². The predicted octanol–water partition coefficient (Wildman–Crippen LogP) is 1.47. The Kier molecular flexibility index (Phi) is 6.70. The topological polar surface area (TPSA) is 108 Å². The second-order valence-corrected chi connectivity index (χ2v) is 7.27. The molecule has 0 aliphatic carbocycles. The van der Waals surface area contributed by atoms with Crippen LogP contribution in [0.4, 0.5) is 23.7 Å². The average Bonchev–Trinajstić information content (AvgIpc) is 2.96. The molecule has 0 aromatic heterocycles. The number of urea groups is 1. The summed E-state index contributed by atoms with van der Waals surface area (Å²) >= 11 is 5.53. The third-order valence-electron chi connectivity index (χ3n) is 4.71. The van der Waals surface area contributed by atoms with Gasteiger partial charge in [0.05, 0.1) is 30.2 Å². The van der Waals surface area contributed by atoms with Crippen LogP contribution in [0, 0.1) is 0 Å². The van der Waals surface area contributed by atoms with Crippen molar-refractivity contribution in [2.75, 3.05) is 38.2 Å². The van der Waals surface area contributed by atoms with Crippen molar-refractivity contribution in [1.82, 2.24) is 15.1 Å². The zero-order valence-electron chi connectivity index (χ0n) is 16.0. The molecule has 0 bridgehead atoms. The second kappa shape index (κ2) is 9.10. The van der Waals surface area contributed by atoms with Gasteiger partial charge >= 0.3 is 12.2 Å². The van der Waals surface area contributed by atoms with Gasteiger partial charge in [-0.15, -0.1) is 0 Å². The van der Waals surface area contributed by atoms with Crippen LogP contribution < -0.4 is 10.6 Å². The van der Waals surface area contributed by atoms with Gasteiger partial charge in [-0.1, -0.05) is 11.6 Å². The molecular weight excluding hydrogens is 445 g/mol. The van der Waals surface area contributed by atoms with Crippen LogP contribution in [0.3, 0.4) is 0 Å². The molecule has 5 amide bonds. The molecule has 3 rings (SSSR count). The minimum atomic E-state index is -4.72. The predicted molar refractivity (Wildman–Crippen MR) is 101 cm³/mol. The van der Waals surface area contributed by atoms with Crippen LogP contribution in [0.1, 0.15) is 12.0 Å². The molecule has 168 valence electrons. The van der Waals surface area contributed by atoms with Gasteiger partial charge in [0.2, 0.25) is 11.8 Å². The fourth-order valence-electron chi connectivity index (χ4n) is 3.15. The highest BCUT2D eigenvalue weighted by Gasteiger charge is 2.41. The number of carbonyl (C=O) groups is 4. The Bertz CT molecular complexity index is 905. The summed E-state index contributed by atoms with van der Waals surface area (Å²) in [6, 6.07) is 0.789. The Morgan fingerprint density at radius 1 is 1.23 bits per heavy atom. The highest BCUT2D eigenvalue weighted by Crippen LogP contribution is 2.36. The quantitative estimate of drug-likeness (QED) is 0.644. The first-order chi connectivity index (χ1) is 14.6. The van der Waals surface area contributed by atoms with E-state index in [9.17, 15) is 32.3 Å². The first-order valence-corrected chi connectivity index (χ1v) is 9.58. The number of nitrogens with zero attached hydrogens (tertiary/aromatic N) is 2. The minimum absolute atomic E-state index is 0.201. The fourth-order valence-corrected chi connectivity index (χ4v) is 3.37. The van der Waals surface area contributed by atoms with Gasteiger partial charge in [-0.05, 0) is 18.2 Å².